The Balaban J connectivity index is 1.03. The van der Waals surface area contributed by atoms with Gasteiger partial charge >= 0.3 is 5.97 Å². The van der Waals surface area contributed by atoms with E-state index in [-0.39, 0.29) is 12.5 Å². The summed E-state index contributed by atoms with van der Waals surface area (Å²) in [4.78, 5) is 33.5. The maximum Gasteiger partial charge on any atom is 0.326 e. The number of aliphatic carboxylic acids is 1. The van der Waals surface area contributed by atoms with Crippen molar-refractivity contribution in [1.29, 1.82) is 0 Å². The molecule has 1 aromatic carbocycles. The molecule has 0 bridgehead atoms. The van der Waals surface area contributed by atoms with Crippen molar-refractivity contribution < 1.29 is 19.4 Å². The van der Waals surface area contributed by atoms with E-state index in [2.05, 4.69) is 22.4 Å². The van der Waals surface area contributed by atoms with Crippen molar-refractivity contribution in [2.75, 3.05) is 6.61 Å². The third-order valence-corrected chi connectivity index (χ3v) is 7.47. The molecule has 5 rings (SSSR count). The van der Waals surface area contributed by atoms with Crippen LogP contribution >= 0.6 is 0 Å². The Morgan fingerprint density at radius 3 is 2.83 bits per heavy atom. The average molecular weight is 488 g/mol. The number of hydrogen-bond donors (Lipinski definition) is 2. The molecule has 2 heterocycles. The molecular formula is C29H33N3O4. The number of aryl methyl sites for hydroxylation is 3. The van der Waals surface area contributed by atoms with Crippen molar-refractivity contribution in [1.82, 2.24) is 15.3 Å². The normalized spacial score (nSPS) is 19.8. The van der Waals surface area contributed by atoms with Crippen LogP contribution in [0.5, 0.6) is 0 Å². The van der Waals surface area contributed by atoms with Gasteiger partial charge in [0.25, 0.3) is 5.91 Å². The number of carboxylic acids is 1. The van der Waals surface area contributed by atoms with Gasteiger partial charge in [-0.15, -0.1) is 0 Å². The number of pyridine rings is 2. The average Bonchev–Trinajstić information content (AvgIpc) is 2.88. The van der Waals surface area contributed by atoms with Crippen LogP contribution in [0.15, 0.2) is 48.7 Å². The number of nitrogens with one attached hydrogen (secondary N) is 1. The Morgan fingerprint density at radius 2 is 1.97 bits per heavy atom. The summed E-state index contributed by atoms with van der Waals surface area (Å²) in [5.74, 6) is -0.837. The fraction of sp³-hybridized carbons (Fsp3) is 0.448. The van der Waals surface area contributed by atoms with Crippen LogP contribution in [0.4, 0.5) is 0 Å². The number of amides is 1. The summed E-state index contributed by atoms with van der Waals surface area (Å²) in [5.41, 5.74) is 5.12. The van der Waals surface area contributed by atoms with Crippen LogP contribution in [-0.4, -0.2) is 45.7 Å². The smallest absolute Gasteiger partial charge is 0.326 e. The van der Waals surface area contributed by atoms with Gasteiger partial charge in [0.2, 0.25) is 0 Å². The van der Waals surface area contributed by atoms with Crippen molar-refractivity contribution in [2.24, 2.45) is 5.92 Å². The fourth-order valence-electron chi connectivity index (χ4n) is 5.23. The Hall–Kier alpha value is -3.32. The highest BCUT2D eigenvalue weighted by Gasteiger charge is 2.30. The molecule has 36 heavy (non-hydrogen) atoms. The van der Waals surface area contributed by atoms with Gasteiger partial charge in [-0.25, -0.2) is 4.79 Å². The minimum atomic E-state index is -1.06. The summed E-state index contributed by atoms with van der Waals surface area (Å²) in [5, 5.41) is 13.1. The van der Waals surface area contributed by atoms with Crippen LogP contribution in [0.3, 0.4) is 0 Å². The molecule has 3 aromatic rings. The Kier molecular flexibility index (Phi) is 7.56. The quantitative estimate of drug-likeness (QED) is 0.436. The molecule has 2 aliphatic rings. The predicted octanol–water partition coefficient (Wildman–Crippen LogP) is 4.51. The number of nitrogens with zero attached hydrogens (tertiary/aromatic N) is 2. The molecule has 2 aliphatic carbocycles. The molecule has 1 atom stereocenters. The molecule has 1 amide bonds. The highest BCUT2D eigenvalue weighted by atomic mass is 16.5. The molecule has 1 unspecified atom stereocenters. The highest BCUT2D eigenvalue weighted by Crippen LogP contribution is 2.34. The largest absolute Gasteiger partial charge is 0.480 e. The summed E-state index contributed by atoms with van der Waals surface area (Å²) in [6, 6.07) is 12.3. The van der Waals surface area contributed by atoms with E-state index >= 15 is 0 Å². The Morgan fingerprint density at radius 1 is 1.11 bits per heavy atom. The third-order valence-electron chi connectivity index (χ3n) is 7.47. The molecule has 0 radical (unpaired) electrons. The van der Waals surface area contributed by atoms with Gasteiger partial charge in [0.1, 0.15) is 6.04 Å². The highest BCUT2D eigenvalue weighted by molar-refractivity contribution is 5.99. The van der Waals surface area contributed by atoms with Crippen molar-refractivity contribution >= 4 is 22.8 Å². The standard InChI is InChI=1S/C29H33N3O4/c33-28(22-9-12-25-21(18-22)5-3-14-30-25)32-27(29(34)35)13-15-36-24-16-19(17-24)7-10-23-11-8-20-4-1-2-6-26(20)31-23/h3,5,8-9,11-12,14,18-19,24,27H,1-2,4,6-7,10,13,15-17H2,(H,32,33)(H,34,35). The Bertz CT molecular complexity index is 1240. The second-order valence-corrected chi connectivity index (χ2v) is 10.0. The lowest BCUT2D eigenvalue weighted by molar-refractivity contribution is -0.140. The lowest BCUT2D eigenvalue weighted by Gasteiger charge is -2.35. The minimum Gasteiger partial charge on any atom is -0.480 e. The molecule has 2 N–H and O–H groups in total. The van der Waals surface area contributed by atoms with Crippen molar-refractivity contribution in [3.05, 3.63) is 71.2 Å². The van der Waals surface area contributed by atoms with Gasteiger partial charge < -0.3 is 15.2 Å². The zero-order valence-electron chi connectivity index (χ0n) is 20.5. The first-order valence-electron chi connectivity index (χ1n) is 13.0. The van der Waals surface area contributed by atoms with E-state index < -0.39 is 17.9 Å². The van der Waals surface area contributed by atoms with Gasteiger partial charge in [0.05, 0.1) is 11.6 Å². The van der Waals surface area contributed by atoms with Crippen molar-refractivity contribution in [3.8, 4) is 0 Å². The summed E-state index contributed by atoms with van der Waals surface area (Å²) in [6.07, 6.45) is 11.0. The topological polar surface area (TPSA) is 101 Å². The van der Waals surface area contributed by atoms with Crippen LogP contribution in [-0.2, 0) is 28.8 Å². The van der Waals surface area contributed by atoms with E-state index in [0.717, 1.165) is 49.4 Å². The fourth-order valence-corrected chi connectivity index (χ4v) is 5.23. The lowest BCUT2D eigenvalue weighted by atomic mass is 9.79. The third kappa shape index (κ3) is 5.90. The molecule has 0 saturated heterocycles. The van der Waals surface area contributed by atoms with Crippen LogP contribution in [0, 0.1) is 5.92 Å². The molecule has 0 spiro atoms. The number of benzene rings is 1. The Labute approximate surface area is 211 Å². The zero-order chi connectivity index (χ0) is 24.9. The minimum absolute atomic E-state index is 0.171. The van der Waals surface area contributed by atoms with Gasteiger partial charge in [-0.2, -0.15) is 0 Å². The second kappa shape index (κ2) is 11.2. The number of aromatic nitrogens is 2. The first-order valence-corrected chi connectivity index (χ1v) is 13.0. The van der Waals surface area contributed by atoms with Gasteiger partial charge in [-0.1, -0.05) is 12.1 Å². The molecule has 7 heteroatoms. The summed E-state index contributed by atoms with van der Waals surface area (Å²) >= 11 is 0. The maximum atomic E-state index is 12.6. The SMILES string of the molecule is O=C(NC(CCOC1CC(CCc2ccc3c(n2)CCCC3)C1)C(=O)O)c1ccc2ncccc2c1. The van der Waals surface area contributed by atoms with Gasteiger partial charge in [-0.3, -0.25) is 14.8 Å². The van der Waals surface area contributed by atoms with E-state index in [4.69, 9.17) is 9.72 Å². The molecule has 188 valence electrons. The van der Waals surface area contributed by atoms with Crippen LogP contribution < -0.4 is 5.32 Å². The van der Waals surface area contributed by atoms with Crippen LogP contribution in [0.25, 0.3) is 10.9 Å². The van der Waals surface area contributed by atoms with Gasteiger partial charge in [0.15, 0.2) is 0 Å². The first kappa shape index (κ1) is 24.4. The molecule has 1 saturated carbocycles. The molecule has 2 aromatic heterocycles. The number of rotatable bonds is 10. The van der Waals surface area contributed by atoms with Crippen LogP contribution in [0.1, 0.15) is 65.8 Å². The maximum absolute atomic E-state index is 12.6. The van der Waals surface area contributed by atoms with E-state index in [0.29, 0.717) is 18.1 Å². The van der Waals surface area contributed by atoms with Crippen LogP contribution in [0.2, 0.25) is 0 Å². The second-order valence-electron chi connectivity index (χ2n) is 10.0. The number of carbonyl (C=O) groups excluding carboxylic acids is 1. The molecular weight excluding hydrogens is 454 g/mol. The summed E-state index contributed by atoms with van der Waals surface area (Å²) in [7, 11) is 0. The van der Waals surface area contributed by atoms with E-state index in [9.17, 15) is 14.7 Å². The number of fused-ring (bicyclic) bond motifs is 2. The van der Waals surface area contributed by atoms with Gasteiger partial charge in [0, 0.05) is 41.6 Å². The molecule has 7 nitrogen and oxygen atoms in total. The predicted molar refractivity (Wildman–Crippen MR) is 137 cm³/mol. The summed E-state index contributed by atoms with van der Waals surface area (Å²) in [6.45, 7) is 0.308. The number of carbonyl (C=O) groups is 2. The van der Waals surface area contributed by atoms with E-state index in [1.807, 2.05) is 6.07 Å². The zero-order valence-corrected chi connectivity index (χ0v) is 20.5. The van der Waals surface area contributed by atoms with Gasteiger partial charge in [-0.05, 0) is 93.2 Å². The van der Waals surface area contributed by atoms with Crippen molar-refractivity contribution in [2.45, 2.75) is 69.9 Å². The van der Waals surface area contributed by atoms with Crippen molar-refractivity contribution in [3.63, 3.8) is 0 Å². The van der Waals surface area contributed by atoms with E-state index in [1.54, 1.807) is 30.5 Å². The number of hydrogen-bond acceptors (Lipinski definition) is 5. The lowest BCUT2D eigenvalue weighted by Crippen LogP contribution is -2.42. The molecule has 1 fully saturated rings. The monoisotopic (exact) mass is 487 g/mol. The van der Waals surface area contributed by atoms with E-state index in [1.165, 1.54) is 29.8 Å². The number of carboxylic acid groups (broad SMARTS) is 1. The molecule has 0 aliphatic heterocycles. The number of ether oxygens (including phenoxy) is 1. The summed E-state index contributed by atoms with van der Waals surface area (Å²) < 4.78 is 5.92. The first-order chi connectivity index (χ1) is 17.5.